The van der Waals surface area contributed by atoms with Crippen molar-refractivity contribution in [2.45, 2.75) is 12.3 Å². The van der Waals surface area contributed by atoms with Crippen LogP contribution in [-0.4, -0.2) is 39.5 Å². The lowest BCUT2D eigenvalue weighted by atomic mass is 9.84. The number of ether oxygens (including phenoxy) is 5. The summed E-state index contributed by atoms with van der Waals surface area (Å²) >= 11 is 0. The van der Waals surface area contributed by atoms with E-state index in [2.05, 4.69) is 0 Å². The molecule has 0 fully saturated rings. The van der Waals surface area contributed by atoms with E-state index in [0.717, 1.165) is 5.56 Å². The van der Waals surface area contributed by atoms with Crippen LogP contribution in [0, 0.1) is 0 Å². The van der Waals surface area contributed by atoms with Gasteiger partial charge in [-0.25, -0.2) is 0 Å². The smallest absolute Gasteiger partial charge is 0.312 e. The number of benzene rings is 3. The van der Waals surface area contributed by atoms with Gasteiger partial charge in [-0.05, 0) is 35.4 Å². The first kappa shape index (κ1) is 24.1. The number of aromatic hydroxyl groups is 1. The zero-order chi connectivity index (χ0) is 26.3. The molecule has 1 unspecified atom stereocenters. The van der Waals surface area contributed by atoms with Crippen LogP contribution in [0.2, 0.25) is 0 Å². The van der Waals surface area contributed by atoms with Crippen molar-refractivity contribution in [3.63, 3.8) is 0 Å². The molecule has 1 aliphatic rings. The highest BCUT2D eigenvalue weighted by molar-refractivity contribution is 5.94. The Hall–Kier alpha value is -4.66. The predicted octanol–water partition coefficient (Wildman–Crippen LogP) is 4.64. The summed E-state index contributed by atoms with van der Waals surface area (Å²) in [6.07, 6.45) is 1.33. The average Bonchev–Trinajstić information content (AvgIpc) is 2.91. The van der Waals surface area contributed by atoms with E-state index < -0.39 is 17.3 Å². The van der Waals surface area contributed by atoms with Crippen molar-refractivity contribution in [1.82, 2.24) is 0 Å². The van der Waals surface area contributed by atoms with Gasteiger partial charge in [-0.1, -0.05) is 12.1 Å². The zero-order valence-electron chi connectivity index (χ0n) is 20.6. The molecule has 190 valence electrons. The number of fused-ring (bicyclic) bond motifs is 3. The van der Waals surface area contributed by atoms with E-state index in [0.29, 0.717) is 34.1 Å². The fraction of sp³-hybridized carbons (Fsp3) is 0.214. The van der Waals surface area contributed by atoms with Crippen LogP contribution in [0.15, 0.2) is 57.9 Å². The van der Waals surface area contributed by atoms with Gasteiger partial charge >= 0.3 is 5.97 Å². The van der Waals surface area contributed by atoms with Gasteiger partial charge in [-0.15, -0.1) is 0 Å². The van der Waals surface area contributed by atoms with E-state index in [1.807, 2.05) is 6.07 Å². The van der Waals surface area contributed by atoms with Gasteiger partial charge in [0.1, 0.15) is 28.7 Å². The van der Waals surface area contributed by atoms with Crippen molar-refractivity contribution >= 4 is 16.9 Å². The Morgan fingerprint density at radius 3 is 2.16 bits per heavy atom. The summed E-state index contributed by atoms with van der Waals surface area (Å²) in [7, 11) is 6.07. The van der Waals surface area contributed by atoms with Crippen LogP contribution in [0.4, 0.5) is 0 Å². The normalized spacial score (nSPS) is 14.6. The number of phenolic OH excluding ortho intramolecular Hbond substituents is 1. The van der Waals surface area contributed by atoms with E-state index in [4.69, 9.17) is 28.1 Å². The molecule has 0 radical (unpaired) electrons. The molecule has 9 nitrogen and oxygen atoms in total. The Labute approximate surface area is 211 Å². The second-order valence-corrected chi connectivity index (χ2v) is 8.41. The minimum atomic E-state index is -0.519. The number of rotatable bonds is 6. The van der Waals surface area contributed by atoms with Gasteiger partial charge in [0, 0.05) is 17.5 Å². The summed E-state index contributed by atoms with van der Waals surface area (Å²) in [6, 6.07) is 11.6. The first-order valence-electron chi connectivity index (χ1n) is 11.4. The summed E-state index contributed by atoms with van der Waals surface area (Å²) in [6.45, 7) is 0. The highest BCUT2D eigenvalue weighted by Gasteiger charge is 2.34. The van der Waals surface area contributed by atoms with Crippen molar-refractivity contribution < 1.29 is 38.0 Å². The van der Waals surface area contributed by atoms with Crippen molar-refractivity contribution in [3.05, 3.63) is 70.1 Å². The molecule has 0 bridgehead atoms. The maximum atomic E-state index is 13.6. The van der Waals surface area contributed by atoms with E-state index in [1.165, 1.54) is 40.8 Å². The molecule has 0 saturated heterocycles. The number of methoxy groups -OCH3 is 4. The molecule has 0 amide bonds. The second kappa shape index (κ2) is 9.42. The summed E-state index contributed by atoms with van der Waals surface area (Å²) in [5.41, 5.74) is 1.64. The Kier molecular flexibility index (Phi) is 6.12. The van der Waals surface area contributed by atoms with Gasteiger partial charge < -0.3 is 33.2 Å². The zero-order valence-corrected chi connectivity index (χ0v) is 20.6. The van der Waals surface area contributed by atoms with Crippen molar-refractivity contribution in [2.75, 3.05) is 28.4 Å². The van der Waals surface area contributed by atoms with Crippen LogP contribution in [0.3, 0.4) is 0 Å². The fourth-order valence-corrected chi connectivity index (χ4v) is 4.69. The minimum absolute atomic E-state index is 0.00347. The maximum absolute atomic E-state index is 13.6. The Morgan fingerprint density at radius 2 is 1.49 bits per heavy atom. The lowest BCUT2D eigenvalue weighted by molar-refractivity contribution is -0.135. The third-order valence-electron chi connectivity index (χ3n) is 6.47. The molecule has 0 saturated carbocycles. The van der Waals surface area contributed by atoms with Gasteiger partial charge in [0.15, 0.2) is 23.0 Å². The van der Waals surface area contributed by atoms with E-state index in [-0.39, 0.29) is 34.5 Å². The number of hydrogen-bond acceptors (Lipinski definition) is 9. The molecule has 9 heteroatoms. The molecule has 5 rings (SSSR count). The Morgan fingerprint density at radius 1 is 0.838 bits per heavy atom. The van der Waals surface area contributed by atoms with E-state index in [9.17, 15) is 14.7 Å². The fourth-order valence-electron chi connectivity index (χ4n) is 4.69. The second-order valence-electron chi connectivity index (χ2n) is 8.41. The molecule has 0 aliphatic carbocycles. The lowest BCUT2D eigenvalue weighted by Crippen LogP contribution is -2.22. The van der Waals surface area contributed by atoms with Crippen molar-refractivity contribution in [3.8, 4) is 45.6 Å². The number of esters is 1. The molecule has 1 aromatic heterocycles. The molecule has 37 heavy (non-hydrogen) atoms. The molecular formula is C28H24O9. The minimum Gasteiger partial charge on any atom is -0.507 e. The van der Waals surface area contributed by atoms with E-state index in [1.54, 1.807) is 30.3 Å². The van der Waals surface area contributed by atoms with E-state index >= 15 is 0 Å². The predicted molar refractivity (Wildman–Crippen MR) is 134 cm³/mol. The average molecular weight is 504 g/mol. The maximum Gasteiger partial charge on any atom is 0.312 e. The lowest BCUT2D eigenvalue weighted by Gasteiger charge is -2.26. The quantitative estimate of drug-likeness (QED) is 0.296. The SMILES string of the molecule is COc1ccc(-c2coc3c4c(cc(O)c3c2=O)OC(=O)CC4c2ccc(OC)c(OC)c2)cc1OC. The molecular weight excluding hydrogens is 480 g/mol. The largest absolute Gasteiger partial charge is 0.507 e. The summed E-state index contributed by atoms with van der Waals surface area (Å²) in [5, 5.41) is 10.8. The third-order valence-corrected chi connectivity index (χ3v) is 6.47. The molecule has 1 N–H and O–H groups in total. The van der Waals surface area contributed by atoms with Gasteiger partial charge in [0.25, 0.3) is 0 Å². The van der Waals surface area contributed by atoms with Crippen molar-refractivity contribution in [2.24, 2.45) is 0 Å². The van der Waals surface area contributed by atoms with Crippen LogP contribution >= 0.6 is 0 Å². The first-order chi connectivity index (χ1) is 17.9. The highest BCUT2D eigenvalue weighted by atomic mass is 16.5. The molecule has 0 spiro atoms. The Bertz CT molecular complexity index is 1590. The molecule has 2 heterocycles. The summed E-state index contributed by atoms with van der Waals surface area (Å²) in [4.78, 5) is 26.1. The molecule has 3 aromatic carbocycles. The molecule has 1 aliphatic heterocycles. The number of carbonyl (C=O) groups excluding carboxylic acids is 1. The van der Waals surface area contributed by atoms with Gasteiger partial charge in [0.2, 0.25) is 5.43 Å². The summed E-state index contributed by atoms with van der Waals surface area (Å²) in [5.74, 6) is 0.744. The topological polar surface area (TPSA) is 114 Å². The van der Waals surface area contributed by atoms with Crippen LogP contribution < -0.4 is 29.1 Å². The highest BCUT2D eigenvalue weighted by Crippen LogP contribution is 2.47. The number of carbonyl (C=O) groups is 1. The Balaban J connectivity index is 1.72. The van der Waals surface area contributed by atoms with Crippen LogP contribution in [0.1, 0.15) is 23.5 Å². The van der Waals surface area contributed by atoms with Crippen molar-refractivity contribution in [1.29, 1.82) is 0 Å². The van der Waals surface area contributed by atoms with Crippen LogP contribution in [-0.2, 0) is 4.79 Å². The third kappa shape index (κ3) is 3.98. The van der Waals surface area contributed by atoms with Crippen LogP contribution in [0.5, 0.6) is 34.5 Å². The summed E-state index contributed by atoms with van der Waals surface area (Å²) < 4.78 is 32.8. The number of hydrogen-bond donors (Lipinski definition) is 1. The molecule has 4 aromatic rings. The monoisotopic (exact) mass is 504 g/mol. The first-order valence-corrected chi connectivity index (χ1v) is 11.4. The van der Waals surface area contributed by atoms with Crippen LogP contribution in [0.25, 0.3) is 22.1 Å². The standard InChI is InChI=1S/C28H24O9/c1-32-19-7-5-14(9-21(19)34-3)16-11-24(30)37-23-12-18(29)26-27(31)17(13-36-28(26)25(16)23)15-6-8-20(33-2)22(10-15)35-4/h5-10,12-13,16,29H,11H2,1-4H3. The van der Waals surface area contributed by atoms with Gasteiger partial charge in [-0.3, -0.25) is 9.59 Å². The molecule has 1 atom stereocenters. The number of phenols is 1. The van der Waals surface area contributed by atoms with Gasteiger partial charge in [0.05, 0.1) is 40.4 Å². The van der Waals surface area contributed by atoms with Gasteiger partial charge in [-0.2, -0.15) is 0 Å².